The van der Waals surface area contributed by atoms with Crippen LogP contribution in [-0.4, -0.2) is 19.7 Å². The largest absolute Gasteiger partial charge is 0.365 e. The van der Waals surface area contributed by atoms with Gasteiger partial charge in [-0.15, -0.1) is 0 Å². The third-order valence-electron chi connectivity index (χ3n) is 2.32. The normalized spacial score (nSPS) is 10.3. The second kappa shape index (κ2) is 4.79. The molecule has 90 valence electrons. The van der Waals surface area contributed by atoms with Gasteiger partial charge >= 0.3 is 0 Å². The van der Waals surface area contributed by atoms with E-state index >= 15 is 0 Å². The SMILES string of the molecule is Cc1cnc(NN)nc1NCc1cnn(C)c1. The van der Waals surface area contributed by atoms with Gasteiger partial charge in [0.2, 0.25) is 5.95 Å². The Labute approximate surface area is 99.0 Å². The Bertz CT molecular complexity index is 505. The fourth-order valence-corrected chi connectivity index (χ4v) is 1.44. The van der Waals surface area contributed by atoms with Gasteiger partial charge in [-0.1, -0.05) is 0 Å². The zero-order valence-electron chi connectivity index (χ0n) is 9.81. The number of hydrazine groups is 1. The molecule has 0 aliphatic carbocycles. The Hall–Kier alpha value is -2.15. The molecule has 17 heavy (non-hydrogen) atoms. The van der Waals surface area contributed by atoms with Crippen LogP contribution in [-0.2, 0) is 13.6 Å². The molecule has 0 spiro atoms. The molecule has 0 aromatic carbocycles. The van der Waals surface area contributed by atoms with Crippen molar-refractivity contribution in [1.82, 2.24) is 19.7 Å². The molecule has 2 rings (SSSR count). The zero-order valence-corrected chi connectivity index (χ0v) is 9.81. The number of nitrogens with two attached hydrogens (primary N) is 1. The number of nitrogens with zero attached hydrogens (tertiary/aromatic N) is 4. The van der Waals surface area contributed by atoms with Crippen molar-refractivity contribution in [3.8, 4) is 0 Å². The number of rotatable bonds is 4. The van der Waals surface area contributed by atoms with Gasteiger partial charge in [-0.3, -0.25) is 10.1 Å². The first-order chi connectivity index (χ1) is 8.19. The van der Waals surface area contributed by atoms with E-state index in [9.17, 15) is 0 Å². The van der Waals surface area contributed by atoms with Crippen molar-refractivity contribution in [1.29, 1.82) is 0 Å². The van der Waals surface area contributed by atoms with E-state index in [2.05, 4.69) is 25.8 Å². The van der Waals surface area contributed by atoms with Gasteiger partial charge in [0.25, 0.3) is 0 Å². The summed E-state index contributed by atoms with van der Waals surface area (Å²) >= 11 is 0. The first-order valence-corrected chi connectivity index (χ1v) is 5.20. The lowest BCUT2D eigenvalue weighted by Gasteiger charge is -2.08. The average molecular weight is 233 g/mol. The van der Waals surface area contributed by atoms with Gasteiger partial charge in [-0.05, 0) is 6.92 Å². The molecule has 7 nitrogen and oxygen atoms in total. The molecule has 0 unspecified atom stereocenters. The molecule has 7 heteroatoms. The Morgan fingerprint density at radius 1 is 1.41 bits per heavy atom. The second-order valence-electron chi connectivity index (χ2n) is 3.75. The Morgan fingerprint density at radius 2 is 2.24 bits per heavy atom. The van der Waals surface area contributed by atoms with Crippen molar-refractivity contribution >= 4 is 11.8 Å². The highest BCUT2D eigenvalue weighted by Crippen LogP contribution is 2.13. The summed E-state index contributed by atoms with van der Waals surface area (Å²) in [4.78, 5) is 8.24. The lowest BCUT2D eigenvalue weighted by Crippen LogP contribution is -2.12. The summed E-state index contributed by atoms with van der Waals surface area (Å²) in [7, 11) is 1.88. The number of aromatic nitrogens is 4. The number of hydrogen-bond acceptors (Lipinski definition) is 6. The van der Waals surface area contributed by atoms with Crippen molar-refractivity contribution in [2.75, 3.05) is 10.7 Å². The average Bonchev–Trinajstić information content (AvgIpc) is 2.74. The van der Waals surface area contributed by atoms with Crippen molar-refractivity contribution in [3.63, 3.8) is 0 Å². The van der Waals surface area contributed by atoms with Gasteiger partial charge in [-0.25, -0.2) is 10.8 Å². The lowest BCUT2D eigenvalue weighted by atomic mass is 10.3. The fraction of sp³-hybridized carbons (Fsp3) is 0.300. The minimum atomic E-state index is 0.393. The van der Waals surface area contributed by atoms with Crippen LogP contribution in [0.4, 0.5) is 11.8 Å². The molecule has 0 fully saturated rings. The van der Waals surface area contributed by atoms with Crippen molar-refractivity contribution in [2.45, 2.75) is 13.5 Å². The van der Waals surface area contributed by atoms with Crippen molar-refractivity contribution in [2.24, 2.45) is 12.9 Å². The summed E-state index contributed by atoms with van der Waals surface area (Å²) in [6.07, 6.45) is 5.48. The third kappa shape index (κ3) is 2.70. The molecule has 0 bridgehead atoms. The van der Waals surface area contributed by atoms with E-state index in [-0.39, 0.29) is 0 Å². The van der Waals surface area contributed by atoms with E-state index in [4.69, 9.17) is 5.84 Å². The molecule has 0 aliphatic heterocycles. The van der Waals surface area contributed by atoms with E-state index in [1.165, 1.54) is 0 Å². The topological polar surface area (TPSA) is 93.7 Å². The molecule has 0 atom stereocenters. The Balaban J connectivity index is 2.07. The first kappa shape index (κ1) is 11.3. The van der Waals surface area contributed by atoms with E-state index in [0.717, 1.165) is 16.9 Å². The predicted molar refractivity (Wildman–Crippen MR) is 65.1 cm³/mol. The molecule has 0 aliphatic rings. The predicted octanol–water partition coefficient (Wildman–Crippen LogP) is 0.416. The molecule has 2 aromatic heterocycles. The highest BCUT2D eigenvalue weighted by Gasteiger charge is 2.03. The van der Waals surface area contributed by atoms with Crippen LogP contribution in [0.1, 0.15) is 11.1 Å². The summed E-state index contributed by atoms with van der Waals surface area (Å²) in [5.41, 5.74) is 4.47. The minimum Gasteiger partial charge on any atom is -0.365 e. The Morgan fingerprint density at radius 3 is 2.88 bits per heavy atom. The van der Waals surface area contributed by atoms with Crippen LogP contribution >= 0.6 is 0 Å². The molecule has 0 amide bonds. The van der Waals surface area contributed by atoms with Crippen LogP contribution in [0.25, 0.3) is 0 Å². The molecular formula is C10H15N7. The molecular weight excluding hydrogens is 218 g/mol. The van der Waals surface area contributed by atoms with Gasteiger partial charge in [0.15, 0.2) is 0 Å². The van der Waals surface area contributed by atoms with Crippen LogP contribution in [0.15, 0.2) is 18.6 Å². The number of hydrogen-bond donors (Lipinski definition) is 3. The maximum absolute atomic E-state index is 5.26. The lowest BCUT2D eigenvalue weighted by molar-refractivity contribution is 0.767. The highest BCUT2D eigenvalue weighted by molar-refractivity contribution is 5.46. The van der Waals surface area contributed by atoms with Gasteiger partial charge in [0, 0.05) is 37.1 Å². The summed E-state index contributed by atoms with van der Waals surface area (Å²) in [5, 5.41) is 7.31. The third-order valence-corrected chi connectivity index (χ3v) is 2.32. The molecule has 2 aromatic rings. The summed E-state index contributed by atoms with van der Waals surface area (Å²) in [6, 6.07) is 0. The summed E-state index contributed by atoms with van der Waals surface area (Å²) < 4.78 is 1.76. The standard InChI is InChI=1S/C10H15N7/c1-7-3-13-10(16-11)15-9(7)12-4-8-5-14-17(2)6-8/h3,5-6H,4,11H2,1-2H3,(H2,12,13,15,16). The van der Waals surface area contributed by atoms with Crippen molar-refractivity contribution in [3.05, 3.63) is 29.7 Å². The quantitative estimate of drug-likeness (QED) is 0.523. The van der Waals surface area contributed by atoms with Crippen LogP contribution < -0.4 is 16.6 Å². The number of nitrogen functional groups attached to an aromatic ring is 1. The maximum atomic E-state index is 5.26. The molecule has 0 radical (unpaired) electrons. The maximum Gasteiger partial charge on any atom is 0.239 e. The molecule has 4 N–H and O–H groups in total. The van der Waals surface area contributed by atoms with Crippen LogP contribution in [0, 0.1) is 6.92 Å². The second-order valence-corrected chi connectivity index (χ2v) is 3.75. The minimum absolute atomic E-state index is 0.393. The van der Waals surface area contributed by atoms with E-state index in [1.807, 2.05) is 26.4 Å². The molecule has 2 heterocycles. The molecule has 0 saturated heterocycles. The summed E-state index contributed by atoms with van der Waals surface area (Å²) in [5.74, 6) is 6.42. The van der Waals surface area contributed by atoms with Crippen LogP contribution in [0.5, 0.6) is 0 Å². The summed E-state index contributed by atoms with van der Waals surface area (Å²) in [6.45, 7) is 2.60. The van der Waals surface area contributed by atoms with Crippen LogP contribution in [0.2, 0.25) is 0 Å². The van der Waals surface area contributed by atoms with E-state index in [1.54, 1.807) is 10.9 Å². The number of aryl methyl sites for hydroxylation is 2. The van der Waals surface area contributed by atoms with Gasteiger partial charge in [0.05, 0.1) is 6.20 Å². The Kier molecular flexibility index (Phi) is 3.20. The monoisotopic (exact) mass is 233 g/mol. The smallest absolute Gasteiger partial charge is 0.239 e. The zero-order chi connectivity index (χ0) is 12.3. The number of nitrogens with one attached hydrogen (secondary N) is 2. The first-order valence-electron chi connectivity index (χ1n) is 5.20. The van der Waals surface area contributed by atoms with Crippen LogP contribution in [0.3, 0.4) is 0 Å². The van der Waals surface area contributed by atoms with Crippen molar-refractivity contribution < 1.29 is 0 Å². The molecule has 0 saturated carbocycles. The van der Waals surface area contributed by atoms with E-state index < -0.39 is 0 Å². The highest BCUT2D eigenvalue weighted by atomic mass is 15.3. The number of anilines is 2. The van der Waals surface area contributed by atoms with Gasteiger partial charge < -0.3 is 5.32 Å². The van der Waals surface area contributed by atoms with Gasteiger partial charge in [0.1, 0.15) is 5.82 Å². The van der Waals surface area contributed by atoms with E-state index in [0.29, 0.717) is 12.5 Å². The van der Waals surface area contributed by atoms with Gasteiger partial charge in [-0.2, -0.15) is 10.1 Å². The fourth-order valence-electron chi connectivity index (χ4n) is 1.44.